The average Bonchev–Trinajstić information content (AvgIpc) is 2.52. The maximum absolute atomic E-state index is 6.10. The van der Waals surface area contributed by atoms with Crippen molar-refractivity contribution >= 4 is 0 Å². The molecule has 1 rings (SSSR count). The third-order valence-electron chi connectivity index (χ3n) is 4.92. The Morgan fingerprint density at radius 1 is 1.33 bits per heavy atom. The zero-order valence-electron chi connectivity index (χ0n) is 11.1. The fourth-order valence-corrected chi connectivity index (χ4v) is 3.27. The predicted molar refractivity (Wildman–Crippen MR) is 66.9 cm³/mol. The summed E-state index contributed by atoms with van der Waals surface area (Å²) in [5.74, 6) is 0. The summed E-state index contributed by atoms with van der Waals surface area (Å²) in [5, 5.41) is 0. The monoisotopic (exact) mass is 212 g/mol. The first kappa shape index (κ1) is 13.0. The van der Waals surface area contributed by atoms with Crippen LogP contribution in [0.15, 0.2) is 0 Å². The summed E-state index contributed by atoms with van der Waals surface area (Å²) in [6.45, 7) is 10.1. The first-order chi connectivity index (χ1) is 6.91. The molecule has 2 unspecified atom stereocenters. The highest BCUT2D eigenvalue weighted by Crippen LogP contribution is 2.49. The zero-order valence-corrected chi connectivity index (χ0v) is 11.1. The van der Waals surface area contributed by atoms with Crippen LogP contribution in [-0.2, 0) is 0 Å². The molecule has 0 bridgehead atoms. The van der Waals surface area contributed by atoms with Crippen molar-refractivity contribution in [2.24, 2.45) is 11.1 Å². The summed E-state index contributed by atoms with van der Waals surface area (Å²) in [6.07, 6.45) is 5.10. The highest BCUT2D eigenvalue weighted by atomic mass is 15.2. The fourth-order valence-electron chi connectivity index (χ4n) is 3.27. The van der Waals surface area contributed by atoms with Crippen LogP contribution in [0.1, 0.15) is 53.4 Å². The zero-order chi connectivity index (χ0) is 11.7. The minimum atomic E-state index is 0.225. The Labute approximate surface area is 95.2 Å². The van der Waals surface area contributed by atoms with Crippen LogP contribution in [0, 0.1) is 5.41 Å². The van der Waals surface area contributed by atoms with Gasteiger partial charge >= 0.3 is 0 Å². The predicted octanol–water partition coefficient (Wildman–Crippen LogP) is 2.62. The Hall–Kier alpha value is -0.0800. The van der Waals surface area contributed by atoms with E-state index in [-0.39, 0.29) is 5.54 Å². The van der Waals surface area contributed by atoms with Crippen LogP contribution in [0.4, 0.5) is 0 Å². The van der Waals surface area contributed by atoms with Crippen molar-refractivity contribution in [3.63, 3.8) is 0 Å². The van der Waals surface area contributed by atoms with Crippen molar-refractivity contribution in [2.75, 3.05) is 13.6 Å². The van der Waals surface area contributed by atoms with Crippen LogP contribution in [0.25, 0.3) is 0 Å². The molecule has 90 valence electrons. The van der Waals surface area contributed by atoms with E-state index in [0.29, 0.717) is 11.5 Å². The van der Waals surface area contributed by atoms with Gasteiger partial charge in [0, 0.05) is 18.1 Å². The van der Waals surface area contributed by atoms with Crippen LogP contribution in [-0.4, -0.2) is 30.1 Å². The lowest BCUT2D eigenvalue weighted by Crippen LogP contribution is -2.60. The van der Waals surface area contributed by atoms with Gasteiger partial charge in [0.2, 0.25) is 0 Å². The average molecular weight is 212 g/mol. The molecule has 2 N–H and O–H groups in total. The lowest BCUT2D eigenvalue weighted by atomic mass is 9.73. The minimum Gasteiger partial charge on any atom is -0.329 e. The Bertz CT molecular complexity index is 213. The van der Waals surface area contributed by atoms with Crippen molar-refractivity contribution < 1.29 is 0 Å². The van der Waals surface area contributed by atoms with E-state index in [1.165, 1.54) is 25.7 Å². The highest BCUT2D eigenvalue weighted by Gasteiger charge is 2.51. The number of likely N-dealkylation sites (N-methyl/N-ethyl adjacent to an activating group) is 1. The summed E-state index contributed by atoms with van der Waals surface area (Å²) in [4.78, 5) is 2.54. The number of hydrogen-bond acceptors (Lipinski definition) is 2. The molecular formula is C13H28N2. The van der Waals surface area contributed by atoms with E-state index in [1.54, 1.807) is 0 Å². The summed E-state index contributed by atoms with van der Waals surface area (Å²) < 4.78 is 0. The van der Waals surface area contributed by atoms with Gasteiger partial charge in [0.05, 0.1) is 0 Å². The topological polar surface area (TPSA) is 29.3 Å². The molecule has 15 heavy (non-hydrogen) atoms. The van der Waals surface area contributed by atoms with Gasteiger partial charge in [-0.05, 0) is 38.6 Å². The molecule has 2 nitrogen and oxygen atoms in total. The van der Waals surface area contributed by atoms with E-state index in [9.17, 15) is 0 Å². The van der Waals surface area contributed by atoms with Gasteiger partial charge in [-0.25, -0.2) is 0 Å². The molecule has 0 aromatic carbocycles. The van der Waals surface area contributed by atoms with Crippen LogP contribution in [0.2, 0.25) is 0 Å². The first-order valence-electron chi connectivity index (χ1n) is 6.34. The van der Waals surface area contributed by atoms with Crippen molar-refractivity contribution in [2.45, 2.75) is 65.0 Å². The van der Waals surface area contributed by atoms with Crippen LogP contribution < -0.4 is 5.73 Å². The standard InChI is InChI=1S/C13H28N2/c1-6-11(2)15(5)13(10-14)9-7-8-12(13,3)4/h11H,6-10,14H2,1-5H3. The molecular weight excluding hydrogens is 184 g/mol. The van der Waals surface area contributed by atoms with Crippen LogP contribution in [0.3, 0.4) is 0 Å². The third-order valence-corrected chi connectivity index (χ3v) is 4.92. The molecule has 0 aromatic rings. The number of hydrogen-bond donors (Lipinski definition) is 1. The quantitative estimate of drug-likeness (QED) is 0.776. The second kappa shape index (κ2) is 4.42. The minimum absolute atomic E-state index is 0.225. The molecule has 0 heterocycles. The molecule has 0 amide bonds. The van der Waals surface area contributed by atoms with E-state index < -0.39 is 0 Å². The molecule has 1 saturated carbocycles. The molecule has 0 aromatic heterocycles. The van der Waals surface area contributed by atoms with Crippen molar-refractivity contribution in [1.29, 1.82) is 0 Å². The summed E-state index contributed by atoms with van der Waals surface area (Å²) in [5.41, 5.74) is 6.68. The second-order valence-electron chi connectivity index (χ2n) is 5.84. The Morgan fingerprint density at radius 2 is 1.93 bits per heavy atom. The Kier molecular flexibility index (Phi) is 3.83. The fraction of sp³-hybridized carbons (Fsp3) is 1.00. The van der Waals surface area contributed by atoms with Crippen LogP contribution in [0.5, 0.6) is 0 Å². The Balaban J connectivity index is 2.94. The van der Waals surface area contributed by atoms with E-state index in [4.69, 9.17) is 5.73 Å². The van der Waals surface area contributed by atoms with Gasteiger partial charge in [-0.1, -0.05) is 27.2 Å². The number of nitrogens with zero attached hydrogens (tertiary/aromatic N) is 1. The van der Waals surface area contributed by atoms with Gasteiger partial charge in [0.1, 0.15) is 0 Å². The van der Waals surface area contributed by atoms with E-state index in [1.807, 2.05) is 0 Å². The highest BCUT2D eigenvalue weighted by molar-refractivity contribution is 5.07. The molecule has 0 saturated heterocycles. The van der Waals surface area contributed by atoms with Gasteiger partial charge in [-0.2, -0.15) is 0 Å². The molecule has 2 atom stereocenters. The van der Waals surface area contributed by atoms with Gasteiger partial charge in [0.15, 0.2) is 0 Å². The van der Waals surface area contributed by atoms with Crippen molar-refractivity contribution in [3.05, 3.63) is 0 Å². The lowest BCUT2D eigenvalue weighted by molar-refractivity contribution is 0.00572. The molecule has 0 spiro atoms. The lowest BCUT2D eigenvalue weighted by Gasteiger charge is -2.50. The maximum atomic E-state index is 6.10. The van der Waals surface area contributed by atoms with Gasteiger partial charge < -0.3 is 5.73 Å². The summed E-state index contributed by atoms with van der Waals surface area (Å²) >= 11 is 0. The normalized spacial score (nSPS) is 32.2. The summed E-state index contributed by atoms with van der Waals surface area (Å²) in [6, 6.07) is 0.630. The smallest absolute Gasteiger partial charge is 0.0382 e. The summed E-state index contributed by atoms with van der Waals surface area (Å²) in [7, 11) is 2.26. The van der Waals surface area contributed by atoms with Crippen molar-refractivity contribution in [1.82, 2.24) is 4.90 Å². The van der Waals surface area contributed by atoms with E-state index >= 15 is 0 Å². The largest absolute Gasteiger partial charge is 0.329 e. The molecule has 1 aliphatic carbocycles. The SMILES string of the molecule is CCC(C)N(C)C1(CN)CCCC1(C)C. The molecule has 0 radical (unpaired) electrons. The second-order valence-corrected chi connectivity index (χ2v) is 5.84. The van der Waals surface area contributed by atoms with Crippen LogP contribution >= 0.6 is 0 Å². The van der Waals surface area contributed by atoms with Crippen molar-refractivity contribution in [3.8, 4) is 0 Å². The van der Waals surface area contributed by atoms with E-state index in [0.717, 1.165) is 6.54 Å². The number of rotatable bonds is 4. The first-order valence-corrected chi connectivity index (χ1v) is 6.34. The molecule has 0 aliphatic heterocycles. The van der Waals surface area contributed by atoms with Gasteiger partial charge in [-0.15, -0.1) is 0 Å². The van der Waals surface area contributed by atoms with Gasteiger partial charge in [-0.3, -0.25) is 4.90 Å². The van der Waals surface area contributed by atoms with Gasteiger partial charge in [0.25, 0.3) is 0 Å². The maximum Gasteiger partial charge on any atom is 0.0382 e. The third kappa shape index (κ3) is 1.94. The van der Waals surface area contributed by atoms with E-state index in [2.05, 4.69) is 39.6 Å². The Morgan fingerprint density at radius 3 is 2.27 bits per heavy atom. The molecule has 2 heteroatoms. The number of nitrogens with two attached hydrogens (primary N) is 1. The molecule has 1 aliphatic rings. The molecule has 1 fully saturated rings.